The Labute approximate surface area is 106 Å². The van der Waals surface area contributed by atoms with Crippen LogP contribution in [0.15, 0.2) is 29.2 Å². The Morgan fingerprint density at radius 2 is 1.94 bits per heavy atom. The lowest BCUT2D eigenvalue weighted by atomic mass is 10.2. The normalized spacial score (nSPS) is 13.6. The molecule has 0 bridgehead atoms. The maximum Gasteiger partial charge on any atom is 0.240 e. The van der Waals surface area contributed by atoms with Gasteiger partial charge in [0, 0.05) is 11.9 Å². The molecule has 1 atom stereocenters. The van der Waals surface area contributed by atoms with E-state index in [2.05, 4.69) is 4.72 Å². The summed E-state index contributed by atoms with van der Waals surface area (Å²) >= 11 is 5.53. The van der Waals surface area contributed by atoms with Gasteiger partial charge < -0.3 is 0 Å². The van der Waals surface area contributed by atoms with Gasteiger partial charge in [-0.15, -0.1) is 11.6 Å². The van der Waals surface area contributed by atoms with E-state index in [0.29, 0.717) is 12.3 Å². The van der Waals surface area contributed by atoms with Crippen molar-refractivity contribution in [3.05, 3.63) is 30.1 Å². The lowest BCUT2D eigenvalue weighted by Gasteiger charge is -2.13. The predicted molar refractivity (Wildman–Crippen MR) is 66.1 cm³/mol. The molecule has 1 N–H and O–H groups in total. The third-order valence-electron chi connectivity index (χ3n) is 2.25. The molecule has 0 aliphatic rings. The Kier molecular flexibility index (Phi) is 5.36. The van der Waals surface area contributed by atoms with Gasteiger partial charge in [-0.2, -0.15) is 0 Å². The maximum atomic E-state index is 12.7. The molecule has 0 radical (unpaired) electrons. The fourth-order valence-corrected chi connectivity index (χ4v) is 2.82. The fraction of sp³-hybridized carbons (Fsp3) is 0.455. The molecule has 96 valence electrons. The second-order valence-electron chi connectivity index (χ2n) is 3.81. The Morgan fingerprint density at radius 1 is 1.35 bits per heavy atom. The van der Waals surface area contributed by atoms with Gasteiger partial charge in [-0.3, -0.25) is 0 Å². The zero-order valence-electron chi connectivity index (χ0n) is 9.49. The molecule has 0 heterocycles. The minimum absolute atomic E-state index is 0.0663. The first-order valence-corrected chi connectivity index (χ1v) is 7.31. The summed E-state index contributed by atoms with van der Waals surface area (Å²) in [5.41, 5.74) is 0. The largest absolute Gasteiger partial charge is 0.240 e. The highest BCUT2D eigenvalue weighted by Crippen LogP contribution is 2.11. The van der Waals surface area contributed by atoms with Gasteiger partial charge in [-0.1, -0.05) is 0 Å². The summed E-state index contributed by atoms with van der Waals surface area (Å²) in [6.45, 7) is 1.77. The van der Waals surface area contributed by atoms with Crippen molar-refractivity contribution in [3.63, 3.8) is 0 Å². The first-order valence-electron chi connectivity index (χ1n) is 5.29. The van der Waals surface area contributed by atoms with Crippen LogP contribution in [0.4, 0.5) is 4.39 Å². The van der Waals surface area contributed by atoms with Crippen LogP contribution in [0, 0.1) is 5.82 Å². The Bertz CT molecular complexity index is 447. The molecule has 0 aliphatic carbocycles. The van der Waals surface area contributed by atoms with E-state index in [1.165, 1.54) is 12.1 Å². The first kappa shape index (κ1) is 14.4. The standard InChI is InChI=1S/C11H15ClFNO2S/c1-9(3-2-8-12)14-17(15,16)11-6-4-10(13)5-7-11/h4-7,9,14H,2-3,8H2,1H3. The summed E-state index contributed by atoms with van der Waals surface area (Å²) in [6.07, 6.45) is 1.42. The van der Waals surface area contributed by atoms with Gasteiger partial charge in [0.2, 0.25) is 10.0 Å². The van der Waals surface area contributed by atoms with E-state index in [1.54, 1.807) is 6.92 Å². The summed E-state index contributed by atoms with van der Waals surface area (Å²) in [4.78, 5) is 0.0663. The fourth-order valence-electron chi connectivity index (χ4n) is 1.39. The van der Waals surface area contributed by atoms with Crippen LogP contribution in [0.2, 0.25) is 0 Å². The predicted octanol–water partition coefficient (Wildman–Crippen LogP) is 2.51. The van der Waals surface area contributed by atoms with E-state index < -0.39 is 15.8 Å². The Balaban J connectivity index is 2.71. The molecule has 17 heavy (non-hydrogen) atoms. The van der Waals surface area contributed by atoms with Crippen LogP contribution >= 0.6 is 11.6 Å². The van der Waals surface area contributed by atoms with Gasteiger partial charge in [0.1, 0.15) is 5.82 Å². The molecule has 3 nitrogen and oxygen atoms in total. The first-order chi connectivity index (χ1) is 7.95. The molecule has 0 amide bonds. The van der Waals surface area contributed by atoms with E-state index in [9.17, 15) is 12.8 Å². The number of hydrogen-bond donors (Lipinski definition) is 1. The molecule has 6 heteroatoms. The molecule has 1 rings (SSSR count). The highest BCUT2D eigenvalue weighted by molar-refractivity contribution is 7.89. The SMILES string of the molecule is CC(CCCCl)NS(=O)(=O)c1ccc(F)cc1. The Morgan fingerprint density at radius 3 is 2.47 bits per heavy atom. The number of benzene rings is 1. The molecule has 1 aromatic carbocycles. The molecule has 1 aromatic rings. The molecule has 0 saturated heterocycles. The van der Waals surface area contributed by atoms with E-state index >= 15 is 0 Å². The zero-order chi connectivity index (χ0) is 12.9. The summed E-state index contributed by atoms with van der Waals surface area (Å²) in [5, 5.41) is 0. The number of rotatable bonds is 6. The maximum absolute atomic E-state index is 12.7. The molecular formula is C11H15ClFNO2S. The van der Waals surface area contributed by atoms with Crippen LogP contribution in [0.3, 0.4) is 0 Å². The van der Waals surface area contributed by atoms with Crippen molar-refractivity contribution in [2.75, 3.05) is 5.88 Å². The van der Waals surface area contributed by atoms with Crippen molar-refractivity contribution in [1.82, 2.24) is 4.72 Å². The average Bonchev–Trinajstić information content (AvgIpc) is 2.26. The lowest BCUT2D eigenvalue weighted by Crippen LogP contribution is -2.32. The van der Waals surface area contributed by atoms with E-state index in [4.69, 9.17) is 11.6 Å². The van der Waals surface area contributed by atoms with Crippen molar-refractivity contribution < 1.29 is 12.8 Å². The average molecular weight is 280 g/mol. The van der Waals surface area contributed by atoms with Crippen molar-refractivity contribution in [2.24, 2.45) is 0 Å². The van der Waals surface area contributed by atoms with Gasteiger partial charge in [0.15, 0.2) is 0 Å². The highest BCUT2D eigenvalue weighted by atomic mass is 35.5. The smallest absolute Gasteiger partial charge is 0.208 e. The van der Waals surface area contributed by atoms with E-state index in [0.717, 1.165) is 18.6 Å². The van der Waals surface area contributed by atoms with Crippen LogP contribution in [-0.4, -0.2) is 20.3 Å². The molecule has 0 aromatic heterocycles. The quantitative estimate of drug-likeness (QED) is 0.814. The summed E-state index contributed by atoms with van der Waals surface area (Å²) in [7, 11) is -3.57. The van der Waals surface area contributed by atoms with Crippen LogP contribution in [0.1, 0.15) is 19.8 Å². The number of nitrogens with one attached hydrogen (secondary N) is 1. The van der Waals surface area contributed by atoms with E-state index in [1.807, 2.05) is 0 Å². The third kappa shape index (κ3) is 4.61. The van der Waals surface area contributed by atoms with Crippen LogP contribution in [0.5, 0.6) is 0 Å². The molecule has 1 unspecified atom stereocenters. The van der Waals surface area contributed by atoms with Gasteiger partial charge >= 0.3 is 0 Å². The summed E-state index contributed by atoms with van der Waals surface area (Å²) in [6, 6.07) is 4.54. The van der Waals surface area contributed by atoms with Crippen LogP contribution < -0.4 is 4.72 Å². The number of sulfonamides is 1. The zero-order valence-corrected chi connectivity index (χ0v) is 11.1. The van der Waals surface area contributed by atoms with Crippen LogP contribution in [-0.2, 0) is 10.0 Å². The topological polar surface area (TPSA) is 46.2 Å². The minimum atomic E-state index is -3.57. The van der Waals surface area contributed by atoms with Crippen LogP contribution in [0.25, 0.3) is 0 Å². The van der Waals surface area contributed by atoms with Crippen molar-refractivity contribution in [1.29, 1.82) is 0 Å². The second-order valence-corrected chi connectivity index (χ2v) is 5.90. The monoisotopic (exact) mass is 279 g/mol. The molecule has 0 saturated carbocycles. The van der Waals surface area contributed by atoms with Gasteiger partial charge in [0.25, 0.3) is 0 Å². The van der Waals surface area contributed by atoms with Gasteiger partial charge in [0.05, 0.1) is 4.90 Å². The lowest BCUT2D eigenvalue weighted by molar-refractivity contribution is 0.544. The summed E-state index contributed by atoms with van der Waals surface area (Å²) < 4.78 is 38.9. The molecule has 0 spiro atoms. The van der Waals surface area contributed by atoms with Gasteiger partial charge in [-0.25, -0.2) is 17.5 Å². The van der Waals surface area contributed by atoms with Crippen molar-refractivity contribution in [2.45, 2.75) is 30.7 Å². The van der Waals surface area contributed by atoms with Crippen molar-refractivity contribution in [3.8, 4) is 0 Å². The third-order valence-corrected chi connectivity index (χ3v) is 4.12. The highest BCUT2D eigenvalue weighted by Gasteiger charge is 2.16. The molecule has 0 aliphatic heterocycles. The minimum Gasteiger partial charge on any atom is -0.208 e. The number of halogens is 2. The van der Waals surface area contributed by atoms with Gasteiger partial charge in [-0.05, 0) is 44.0 Å². The number of alkyl halides is 1. The number of hydrogen-bond acceptors (Lipinski definition) is 2. The Hall–Kier alpha value is -0.650. The van der Waals surface area contributed by atoms with E-state index in [-0.39, 0.29) is 10.9 Å². The second kappa shape index (κ2) is 6.33. The molecule has 0 fully saturated rings. The van der Waals surface area contributed by atoms with Crippen molar-refractivity contribution >= 4 is 21.6 Å². The summed E-state index contributed by atoms with van der Waals surface area (Å²) in [5.74, 6) is 0.0435. The molecular weight excluding hydrogens is 265 g/mol.